The van der Waals surface area contributed by atoms with Crippen LogP contribution in [0.4, 0.5) is 11.4 Å². The van der Waals surface area contributed by atoms with Crippen molar-refractivity contribution in [2.24, 2.45) is 0 Å². The maximum absolute atomic E-state index is 12.5. The molecule has 4 aromatic rings. The largest absolute Gasteiger partial charge is 0.397 e. The average molecular weight is 651 g/mol. The number of hydrogen-bond acceptors (Lipinski definition) is 7. The molecule has 1 heterocycles. The van der Waals surface area contributed by atoms with Crippen molar-refractivity contribution in [3.05, 3.63) is 131 Å². The molecule has 0 spiro atoms. The van der Waals surface area contributed by atoms with Crippen molar-refractivity contribution in [2.45, 2.75) is 70.3 Å². The summed E-state index contributed by atoms with van der Waals surface area (Å²) in [5, 5.41) is 15.3. The molecule has 9 heteroatoms. The quantitative estimate of drug-likeness (QED) is 0.116. The van der Waals surface area contributed by atoms with Crippen LogP contribution in [0.1, 0.15) is 78.9 Å². The van der Waals surface area contributed by atoms with Gasteiger partial charge in [0.2, 0.25) is 11.8 Å². The molecule has 0 radical (unpaired) electrons. The molecule has 1 aliphatic heterocycles. The summed E-state index contributed by atoms with van der Waals surface area (Å²) in [6, 6.07) is 33.6. The Bertz CT molecular complexity index is 1610. The summed E-state index contributed by atoms with van der Waals surface area (Å²) in [5.74, 6) is -0.288. The number of rotatable bonds is 14. The van der Waals surface area contributed by atoms with E-state index in [2.05, 4.69) is 53.8 Å². The predicted molar refractivity (Wildman–Crippen MR) is 188 cm³/mol. The van der Waals surface area contributed by atoms with E-state index in [0.29, 0.717) is 30.8 Å². The third-order valence-electron chi connectivity index (χ3n) is 8.83. The Morgan fingerprint density at radius 3 is 2.21 bits per heavy atom. The van der Waals surface area contributed by atoms with E-state index < -0.39 is 6.29 Å². The Kier molecular flexibility index (Phi) is 12.3. The Morgan fingerprint density at radius 2 is 1.50 bits per heavy atom. The molecule has 1 aliphatic rings. The van der Waals surface area contributed by atoms with Gasteiger partial charge in [-0.15, -0.1) is 0 Å². The predicted octanol–water partition coefficient (Wildman–Crippen LogP) is 6.42. The lowest BCUT2D eigenvalue weighted by atomic mass is 9.99. The number of ether oxygens (including phenoxy) is 2. The van der Waals surface area contributed by atoms with Crippen molar-refractivity contribution in [3.8, 4) is 0 Å². The maximum atomic E-state index is 12.5. The molecule has 5 rings (SSSR count). The zero-order valence-corrected chi connectivity index (χ0v) is 27.7. The van der Waals surface area contributed by atoms with Crippen LogP contribution in [0.25, 0.3) is 0 Å². The highest BCUT2D eigenvalue weighted by Crippen LogP contribution is 2.38. The first-order valence-electron chi connectivity index (χ1n) is 16.5. The Balaban J connectivity index is 1.16. The van der Waals surface area contributed by atoms with Crippen LogP contribution in [0, 0.1) is 0 Å². The minimum atomic E-state index is -0.562. The Hall–Kier alpha value is -4.54. The van der Waals surface area contributed by atoms with Crippen molar-refractivity contribution in [1.29, 1.82) is 0 Å². The number of aliphatic hydroxyl groups excluding tert-OH is 1. The van der Waals surface area contributed by atoms with E-state index in [9.17, 15) is 14.7 Å². The van der Waals surface area contributed by atoms with Crippen molar-refractivity contribution >= 4 is 23.2 Å². The van der Waals surface area contributed by atoms with Crippen LogP contribution in [0.3, 0.4) is 0 Å². The average Bonchev–Trinajstić information content (AvgIpc) is 3.12. The number of carbonyl (C=O) groups is 2. The van der Waals surface area contributed by atoms with E-state index in [1.165, 1.54) is 5.56 Å². The number of aliphatic hydroxyl groups is 1. The van der Waals surface area contributed by atoms with Gasteiger partial charge in [-0.05, 0) is 54.8 Å². The molecule has 0 saturated carbocycles. The molecule has 4 atom stereocenters. The number of nitrogen functional groups attached to an aromatic ring is 1. The van der Waals surface area contributed by atoms with Gasteiger partial charge in [-0.25, -0.2) is 0 Å². The van der Waals surface area contributed by atoms with Crippen LogP contribution < -0.4 is 16.4 Å². The highest BCUT2D eigenvalue weighted by molar-refractivity contribution is 5.93. The number of para-hydroxylation sites is 2. The maximum Gasteiger partial charge on any atom is 0.224 e. The number of nitrogens with one attached hydrogen (secondary N) is 2. The van der Waals surface area contributed by atoms with E-state index in [-0.39, 0.29) is 49.5 Å². The molecule has 0 unspecified atom stereocenters. The first kappa shape index (κ1) is 34.8. The molecular weight excluding hydrogens is 604 g/mol. The number of carbonyl (C=O) groups excluding carboxylic acids is 2. The number of anilines is 2. The lowest BCUT2D eigenvalue weighted by molar-refractivity contribution is -0.253. The van der Waals surface area contributed by atoms with Gasteiger partial charge in [-0.3, -0.25) is 14.5 Å². The van der Waals surface area contributed by atoms with Crippen LogP contribution >= 0.6 is 0 Å². The minimum absolute atomic E-state index is 0.00300. The molecule has 252 valence electrons. The van der Waals surface area contributed by atoms with Gasteiger partial charge in [-0.2, -0.15) is 0 Å². The third-order valence-corrected chi connectivity index (χ3v) is 8.83. The second-order valence-electron chi connectivity index (χ2n) is 12.4. The van der Waals surface area contributed by atoms with Gasteiger partial charge >= 0.3 is 0 Å². The summed E-state index contributed by atoms with van der Waals surface area (Å²) >= 11 is 0. The summed E-state index contributed by atoms with van der Waals surface area (Å²) in [4.78, 5) is 27.0. The number of nitrogens with zero attached hydrogens (tertiary/aromatic N) is 1. The summed E-state index contributed by atoms with van der Waals surface area (Å²) < 4.78 is 13.1. The van der Waals surface area contributed by atoms with Gasteiger partial charge in [0, 0.05) is 44.0 Å². The van der Waals surface area contributed by atoms with Crippen molar-refractivity contribution < 1.29 is 24.2 Å². The monoisotopic (exact) mass is 650 g/mol. The van der Waals surface area contributed by atoms with E-state index in [1.54, 1.807) is 24.3 Å². The van der Waals surface area contributed by atoms with Gasteiger partial charge in [0.25, 0.3) is 0 Å². The Labute approximate surface area is 283 Å². The molecule has 0 aliphatic carbocycles. The summed E-state index contributed by atoms with van der Waals surface area (Å²) in [5.41, 5.74) is 12.0. The van der Waals surface area contributed by atoms with Crippen molar-refractivity contribution in [3.63, 3.8) is 0 Å². The Morgan fingerprint density at radius 1 is 0.854 bits per heavy atom. The van der Waals surface area contributed by atoms with Gasteiger partial charge in [0.1, 0.15) is 0 Å². The molecule has 1 saturated heterocycles. The molecule has 9 nitrogen and oxygen atoms in total. The standard InChI is InChI=1S/C39H46N4O5/c1-27(30-9-4-3-5-10-30)43(2)25-33-23-36(31-19-17-29(26-44)18-20-31)48-39(47-33)32-21-15-28(16-22-32)24-41-37(45)13-8-14-38(46)42-35-12-7-6-11-34(35)40/h3-7,9-12,15-22,27,33,36,39,44H,8,13-14,23-26,40H2,1-2H3,(H,41,45)(H,42,46)/t27-,33-,36+,39+/m0/s1. The summed E-state index contributed by atoms with van der Waals surface area (Å²) in [6.07, 6.45) is 0.803. The highest BCUT2D eigenvalue weighted by atomic mass is 16.7. The van der Waals surface area contributed by atoms with Crippen LogP contribution in [0.5, 0.6) is 0 Å². The molecule has 0 bridgehead atoms. The highest BCUT2D eigenvalue weighted by Gasteiger charge is 2.33. The van der Waals surface area contributed by atoms with Crippen LogP contribution in [0.2, 0.25) is 0 Å². The zero-order valence-electron chi connectivity index (χ0n) is 27.7. The molecule has 5 N–H and O–H groups in total. The molecular formula is C39H46N4O5. The normalized spacial score (nSPS) is 18.3. The molecule has 0 aromatic heterocycles. The number of benzene rings is 4. The van der Waals surface area contributed by atoms with Gasteiger partial charge in [0.15, 0.2) is 6.29 Å². The zero-order chi connectivity index (χ0) is 33.9. The number of likely N-dealkylation sites (N-methyl/N-ethyl adjacent to an activating group) is 1. The first-order chi connectivity index (χ1) is 23.3. The molecule has 2 amide bonds. The summed E-state index contributed by atoms with van der Waals surface area (Å²) in [7, 11) is 2.12. The fraction of sp³-hybridized carbons (Fsp3) is 0.333. The summed E-state index contributed by atoms with van der Waals surface area (Å²) in [6.45, 7) is 3.31. The van der Waals surface area contributed by atoms with Crippen molar-refractivity contribution in [1.82, 2.24) is 10.2 Å². The van der Waals surface area contributed by atoms with Crippen LogP contribution in [-0.4, -0.2) is 41.5 Å². The lowest BCUT2D eigenvalue weighted by Gasteiger charge is -2.39. The van der Waals surface area contributed by atoms with E-state index >= 15 is 0 Å². The van der Waals surface area contributed by atoms with Crippen LogP contribution in [-0.2, 0) is 32.2 Å². The van der Waals surface area contributed by atoms with E-state index in [1.807, 2.05) is 54.6 Å². The SMILES string of the molecule is C[C@@H](c1ccccc1)N(C)C[C@@H]1C[C@H](c2ccc(CO)cc2)O[C@H](c2ccc(CNC(=O)CCCC(=O)Nc3ccccc3N)cc2)O1. The fourth-order valence-electron chi connectivity index (χ4n) is 5.81. The first-order valence-corrected chi connectivity index (χ1v) is 16.5. The smallest absolute Gasteiger partial charge is 0.224 e. The minimum Gasteiger partial charge on any atom is -0.397 e. The number of nitrogens with two attached hydrogens (primary N) is 1. The topological polar surface area (TPSA) is 126 Å². The fourth-order valence-corrected chi connectivity index (χ4v) is 5.81. The van der Waals surface area contributed by atoms with Crippen LogP contribution in [0.15, 0.2) is 103 Å². The number of hydrogen-bond donors (Lipinski definition) is 4. The van der Waals surface area contributed by atoms with Gasteiger partial charge < -0.3 is 30.9 Å². The molecule has 1 fully saturated rings. The van der Waals surface area contributed by atoms with E-state index in [0.717, 1.165) is 28.8 Å². The van der Waals surface area contributed by atoms with Gasteiger partial charge in [0.05, 0.1) is 30.2 Å². The second-order valence-corrected chi connectivity index (χ2v) is 12.4. The number of amides is 2. The second kappa shape index (κ2) is 17.0. The molecule has 4 aromatic carbocycles. The molecule has 48 heavy (non-hydrogen) atoms. The lowest BCUT2D eigenvalue weighted by Crippen LogP contribution is -2.38. The third kappa shape index (κ3) is 9.74. The van der Waals surface area contributed by atoms with Gasteiger partial charge in [-0.1, -0.05) is 91.0 Å². The van der Waals surface area contributed by atoms with Crippen molar-refractivity contribution in [2.75, 3.05) is 24.6 Å². The van der Waals surface area contributed by atoms with E-state index in [4.69, 9.17) is 15.2 Å².